The van der Waals surface area contributed by atoms with Crippen LogP contribution < -0.4 is 11.3 Å². The molecule has 0 fully saturated rings. The fraction of sp³-hybridized carbons (Fsp3) is 0.455. The molecule has 3 nitrogen and oxygen atoms in total. The van der Waals surface area contributed by atoms with Crippen molar-refractivity contribution in [3.63, 3.8) is 0 Å². The minimum absolute atomic E-state index is 0.0610. The zero-order valence-electron chi connectivity index (χ0n) is 8.63. The fourth-order valence-corrected chi connectivity index (χ4v) is 1.37. The van der Waals surface area contributed by atoms with Gasteiger partial charge in [0.2, 0.25) is 0 Å². The predicted octanol–water partition coefficient (Wildman–Crippen LogP) is 1.90. The number of hydrogen-bond donors (Lipinski definition) is 2. The molecule has 0 aliphatic rings. The van der Waals surface area contributed by atoms with E-state index < -0.39 is 0 Å². The molecule has 1 atom stereocenters. The van der Waals surface area contributed by atoms with Crippen LogP contribution >= 0.6 is 0 Å². The summed E-state index contributed by atoms with van der Waals surface area (Å²) in [5.74, 6) is 12.2. The largest absolute Gasteiger partial charge is 0.467 e. The number of aryl methyl sites for hydroxylation is 1. The molecule has 1 aromatic rings. The molecule has 0 aliphatic carbocycles. The van der Waals surface area contributed by atoms with E-state index in [1.54, 1.807) is 6.26 Å². The summed E-state index contributed by atoms with van der Waals surface area (Å²) in [5.41, 5.74) is 3.87. The topological polar surface area (TPSA) is 51.2 Å². The van der Waals surface area contributed by atoms with Crippen molar-refractivity contribution in [3.05, 3.63) is 23.7 Å². The number of nitrogens with one attached hydrogen (secondary N) is 1. The summed E-state index contributed by atoms with van der Waals surface area (Å²) in [6, 6.07) is 2.00. The van der Waals surface area contributed by atoms with E-state index in [4.69, 9.17) is 10.3 Å². The van der Waals surface area contributed by atoms with Crippen LogP contribution in [0, 0.1) is 18.8 Å². The second-order valence-electron chi connectivity index (χ2n) is 3.15. The van der Waals surface area contributed by atoms with Crippen LogP contribution in [0.1, 0.15) is 37.1 Å². The van der Waals surface area contributed by atoms with Crippen molar-refractivity contribution < 1.29 is 4.42 Å². The van der Waals surface area contributed by atoms with Crippen LogP contribution in [0.25, 0.3) is 0 Å². The van der Waals surface area contributed by atoms with Crippen LogP contribution in [0.2, 0.25) is 0 Å². The molecule has 14 heavy (non-hydrogen) atoms. The van der Waals surface area contributed by atoms with Crippen LogP contribution in [0.15, 0.2) is 16.7 Å². The average Bonchev–Trinajstić information content (AvgIpc) is 2.60. The first kappa shape index (κ1) is 10.8. The zero-order valence-corrected chi connectivity index (χ0v) is 8.63. The van der Waals surface area contributed by atoms with Gasteiger partial charge in [-0.05, 0) is 31.9 Å². The van der Waals surface area contributed by atoms with E-state index in [1.807, 2.05) is 19.9 Å². The highest BCUT2D eigenvalue weighted by atomic mass is 16.3. The highest BCUT2D eigenvalue weighted by Crippen LogP contribution is 2.21. The molecular formula is C11H16N2O. The van der Waals surface area contributed by atoms with Gasteiger partial charge in [-0.2, -0.15) is 0 Å². The molecule has 0 bridgehead atoms. The maximum absolute atomic E-state index is 5.46. The first-order valence-electron chi connectivity index (χ1n) is 4.69. The van der Waals surface area contributed by atoms with E-state index in [-0.39, 0.29) is 6.04 Å². The maximum atomic E-state index is 5.46. The Hall–Kier alpha value is -1.24. The van der Waals surface area contributed by atoms with E-state index in [0.717, 1.165) is 24.2 Å². The van der Waals surface area contributed by atoms with Gasteiger partial charge in [0.25, 0.3) is 0 Å². The van der Waals surface area contributed by atoms with Gasteiger partial charge in [-0.15, -0.1) is 11.8 Å². The molecule has 0 aromatic carbocycles. The van der Waals surface area contributed by atoms with Crippen LogP contribution in [-0.4, -0.2) is 0 Å². The van der Waals surface area contributed by atoms with Gasteiger partial charge in [-0.1, -0.05) is 0 Å². The van der Waals surface area contributed by atoms with E-state index in [1.165, 1.54) is 0 Å². The van der Waals surface area contributed by atoms with Crippen molar-refractivity contribution in [3.8, 4) is 11.8 Å². The quantitative estimate of drug-likeness (QED) is 0.435. The molecule has 0 aliphatic heterocycles. The van der Waals surface area contributed by atoms with Gasteiger partial charge in [0, 0.05) is 6.42 Å². The zero-order chi connectivity index (χ0) is 10.4. The number of nitrogens with two attached hydrogens (primary N) is 1. The maximum Gasteiger partial charge on any atom is 0.124 e. The molecule has 0 spiro atoms. The highest BCUT2D eigenvalue weighted by molar-refractivity contribution is 5.18. The van der Waals surface area contributed by atoms with E-state index in [0.29, 0.717) is 0 Å². The molecular weight excluding hydrogens is 176 g/mol. The molecule has 0 amide bonds. The number of furan rings is 1. The van der Waals surface area contributed by atoms with Gasteiger partial charge < -0.3 is 4.42 Å². The lowest BCUT2D eigenvalue weighted by Gasteiger charge is -2.12. The number of rotatable bonds is 4. The fourth-order valence-electron chi connectivity index (χ4n) is 1.37. The second-order valence-corrected chi connectivity index (χ2v) is 3.15. The first-order valence-corrected chi connectivity index (χ1v) is 4.69. The standard InChI is InChI=1S/C11H16N2O/c1-3-4-5-6-10(13-12)11-9(2)7-8-14-11/h7-8,10,13H,5-6,12H2,1-2H3. The van der Waals surface area contributed by atoms with Crippen molar-refractivity contribution in [1.29, 1.82) is 0 Å². The van der Waals surface area contributed by atoms with Crippen molar-refractivity contribution in [2.24, 2.45) is 5.84 Å². The van der Waals surface area contributed by atoms with Crippen LogP contribution in [0.3, 0.4) is 0 Å². The molecule has 0 saturated carbocycles. The van der Waals surface area contributed by atoms with Crippen molar-refractivity contribution in [2.45, 2.75) is 32.7 Å². The molecule has 0 radical (unpaired) electrons. The lowest BCUT2D eigenvalue weighted by atomic mass is 10.1. The van der Waals surface area contributed by atoms with Gasteiger partial charge in [0.1, 0.15) is 5.76 Å². The minimum atomic E-state index is 0.0610. The SMILES string of the molecule is CC#CCCC(NN)c1occc1C. The molecule has 3 heteroatoms. The van der Waals surface area contributed by atoms with Crippen molar-refractivity contribution >= 4 is 0 Å². The Labute approximate surface area is 84.6 Å². The third kappa shape index (κ3) is 2.63. The molecule has 3 N–H and O–H groups in total. The third-order valence-electron chi connectivity index (χ3n) is 2.15. The average molecular weight is 192 g/mol. The summed E-state index contributed by atoms with van der Waals surface area (Å²) in [5, 5.41) is 0. The first-order chi connectivity index (χ1) is 6.79. The lowest BCUT2D eigenvalue weighted by molar-refractivity contribution is 0.401. The minimum Gasteiger partial charge on any atom is -0.467 e. The van der Waals surface area contributed by atoms with E-state index in [9.17, 15) is 0 Å². The summed E-state index contributed by atoms with van der Waals surface area (Å²) in [6.07, 6.45) is 3.37. The normalized spacial score (nSPS) is 11.9. The summed E-state index contributed by atoms with van der Waals surface area (Å²) in [7, 11) is 0. The van der Waals surface area contributed by atoms with Gasteiger partial charge in [-0.25, -0.2) is 5.43 Å². The highest BCUT2D eigenvalue weighted by Gasteiger charge is 2.14. The second kappa shape index (κ2) is 5.48. The molecule has 76 valence electrons. The Bertz CT molecular complexity index is 333. The predicted molar refractivity (Wildman–Crippen MR) is 56.2 cm³/mol. The van der Waals surface area contributed by atoms with Crippen molar-refractivity contribution in [1.82, 2.24) is 5.43 Å². The summed E-state index contributed by atoms with van der Waals surface area (Å²) < 4.78 is 5.36. The Morgan fingerprint density at radius 2 is 2.43 bits per heavy atom. The molecule has 0 saturated heterocycles. The third-order valence-corrected chi connectivity index (χ3v) is 2.15. The Kier molecular flexibility index (Phi) is 4.24. The Balaban J connectivity index is 2.61. The van der Waals surface area contributed by atoms with Crippen LogP contribution in [0.5, 0.6) is 0 Å². The van der Waals surface area contributed by atoms with Gasteiger partial charge in [0.15, 0.2) is 0 Å². The number of hydrogen-bond acceptors (Lipinski definition) is 3. The summed E-state index contributed by atoms with van der Waals surface area (Å²) in [6.45, 7) is 3.84. The van der Waals surface area contributed by atoms with Crippen LogP contribution in [0.4, 0.5) is 0 Å². The van der Waals surface area contributed by atoms with Crippen LogP contribution in [-0.2, 0) is 0 Å². The Morgan fingerprint density at radius 1 is 1.64 bits per heavy atom. The summed E-state index contributed by atoms with van der Waals surface area (Å²) >= 11 is 0. The van der Waals surface area contributed by atoms with Gasteiger partial charge in [-0.3, -0.25) is 5.84 Å². The monoisotopic (exact) mass is 192 g/mol. The molecule has 1 rings (SSSR count). The smallest absolute Gasteiger partial charge is 0.124 e. The van der Waals surface area contributed by atoms with E-state index >= 15 is 0 Å². The molecule has 1 unspecified atom stereocenters. The lowest BCUT2D eigenvalue weighted by Crippen LogP contribution is -2.28. The van der Waals surface area contributed by atoms with Gasteiger partial charge >= 0.3 is 0 Å². The molecule has 1 heterocycles. The van der Waals surface area contributed by atoms with E-state index in [2.05, 4.69) is 17.3 Å². The summed E-state index contributed by atoms with van der Waals surface area (Å²) in [4.78, 5) is 0. The Morgan fingerprint density at radius 3 is 2.93 bits per heavy atom. The van der Waals surface area contributed by atoms with Crippen molar-refractivity contribution in [2.75, 3.05) is 0 Å². The van der Waals surface area contributed by atoms with Gasteiger partial charge in [0.05, 0.1) is 12.3 Å². The molecule has 1 aromatic heterocycles. The number of hydrazine groups is 1.